The molecule has 6 nitrogen and oxygen atoms in total. The zero-order chi connectivity index (χ0) is 21.2. The highest BCUT2D eigenvalue weighted by Gasteiger charge is 2.24. The van der Waals surface area contributed by atoms with Crippen LogP contribution in [0.1, 0.15) is 26.7 Å². The number of carbonyl (C=O) groups excluding carboxylic acids is 1. The standard InChI is InChI=1S/C23H21N3O3S2/c1-14-25-26-23(31-14)30-13-18-17-7-3-5-9-20(17)29-21(18)22(27)24-11-15-10-16-6-2-4-8-19(16)28-12-15/h2-9,15H,10-13H2,1H3,(H,24,27). The van der Waals surface area contributed by atoms with E-state index in [0.717, 1.165) is 32.5 Å². The lowest BCUT2D eigenvalue weighted by Gasteiger charge is -2.25. The van der Waals surface area contributed by atoms with E-state index in [-0.39, 0.29) is 11.8 Å². The molecular weight excluding hydrogens is 430 g/mol. The largest absolute Gasteiger partial charge is 0.493 e. The number of nitrogens with one attached hydrogen (secondary N) is 1. The molecule has 0 fully saturated rings. The molecule has 8 heteroatoms. The molecule has 0 saturated heterocycles. The third-order valence-electron chi connectivity index (χ3n) is 5.26. The van der Waals surface area contributed by atoms with Crippen molar-refractivity contribution in [2.24, 2.45) is 5.92 Å². The van der Waals surface area contributed by atoms with Gasteiger partial charge in [0.1, 0.15) is 16.3 Å². The molecule has 2 aromatic carbocycles. The molecule has 1 amide bonds. The van der Waals surface area contributed by atoms with E-state index in [1.807, 2.05) is 49.4 Å². The molecular formula is C23H21N3O3S2. The van der Waals surface area contributed by atoms with Crippen LogP contribution in [0.15, 0.2) is 57.3 Å². The maximum absolute atomic E-state index is 13.1. The number of thioether (sulfide) groups is 1. The summed E-state index contributed by atoms with van der Waals surface area (Å²) in [5.41, 5.74) is 2.78. The lowest BCUT2D eigenvalue weighted by molar-refractivity contribution is 0.0912. The molecule has 3 heterocycles. The van der Waals surface area contributed by atoms with Gasteiger partial charge >= 0.3 is 0 Å². The smallest absolute Gasteiger partial charge is 0.287 e. The Hall–Kier alpha value is -2.84. The molecule has 158 valence electrons. The van der Waals surface area contributed by atoms with Crippen molar-refractivity contribution in [3.8, 4) is 5.75 Å². The molecule has 1 unspecified atom stereocenters. The Morgan fingerprint density at radius 2 is 2.03 bits per heavy atom. The fourth-order valence-corrected chi connectivity index (χ4v) is 5.58. The Morgan fingerprint density at radius 1 is 1.19 bits per heavy atom. The highest BCUT2D eigenvalue weighted by Crippen LogP contribution is 2.33. The van der Waals surface area contributed by atoms with Crippen LogP contribution in [0.3, 0.4) is 0 Å². The van der Waals surface area contributed by atoms with Crippen molar-refractivity contribution in [2.45, 2.75) is 23.4 Å². The van der Waals surface area contributed by atoms with Crippen LogP contribution in [0, 0.1) is 12.8 Å². The molecule has 0 spiro atoms. The van der Waals surface area contributed by atoms with E-state index in [9.17, 15) is 4.79 Å². The van der Waals surface area contributed by atoms with Crippen LogP contribution in [0.2, 0.25) is 0 Å². The first kappa shape index (κ1) is 20.1. The molecule has 0 bridgehead atoms. The van der Waals surface area contributed by atoms with Gasteiger partial charge in [0.15, 0.2) is 10.1 Å². The van der Waals surface area contributed by atoms with Gasteiger partial charge in [-0.3, -0.25) is 4.79 Å². The Kier molecular flexibility index (Phi) is 5.65. The number of ether oxygens (including phenoxy) is 1. The lowest BCUT2D eigenvalue weighted by Crippen LogP contribution is -2.35. The van der Waals surface area contributed by atoms with Gasteiger partial charge in [0, 0.05) is 29.2 Å². The Morgan fingerprint density at radius 3 is 2.90 bits per heavy atom. The Balaban J connectivity index is 1.31. The number of rotatable bonds is 6. The van der Waals surface area contributed by atoms with Crippen molar-refractivity contribution in [3.05, 3.63) is 70.4 Å². The second-order valence-electron chi connectivity index (χ2n) is 7.48. The van der Waals surface area contributed by atoms with Gasteiger partial charge in [-0.05, 0) is 31.0 Å². The Bertz CT molecular complexity index is 1230. The van der Waals surface area contributed by atoms with Crippen molar-refractivity contribution in [3.63, 3.8) is 0 Å². The average Bonchev–Trinajstić information content (AvgIpc) is 3.39. The second kappa shape index (κ2) is 8.72. The molecule has 0 saturated carbocycles. The monoisotopic (exact) mass is 451 g/mol. The zero-order valence-electron chi connectivity index (χ0n) is 17.0. The first-order valence-corrected chi connectivity index (χ1v) is 11.9. The van der Waals surface area contributed by atoms with E-state index in [1.54, 1.807) is 23.1 Å². The maximum atomic E-state index is 13.1. The van der Waals surface area contributed by atoms with Gasteiger partial charge < -0.3 is 14.5 Å². The van der Waals surface area contributed by atoms with E-state index in [1.165, 1.54) is 5.56 Å². The van der Waals surface area contributed by atoms with Crippen molar-refractivity contribution in [2.75, 3.05) is 13.2 Å². The molecule has 1 N–H and O–H groups in total. The number of hydrogen-bond donors (Lipinski definition) is 1. The molecule has 1 atom stereocenters. The molecule has 1 aliphatic rings. The first-order chi connectivity index (χ1) is 15.2. The molecule has 2 aromatic heterocycles. The van der Waals surface area contributed by atoms with Crippen molar-refractivity contribution in [1.82, 2.24) is 15.5 Å². The quantitative estimate of drug-likeness (QED) is 0.422. The molecule has 0 radical (unpaired) electrons. The summed E-state index contributed by atoms with van der Waals surface area (Å²) in [5, 5.41) is 13.2. The predicted octanol–water partition coefficient (Wildman–Crippen LogP) is 4.87. The van der Waals surface area contributed by atoms with Gasteiger partial charge in [0.05, 0.1) is 6.61 Å². The molecule has 0 aliphatic carbocycles. The first-order valence-electron chi connectivity index (χ1n) is 10.1. The van der Waals surface area contributed by atoms with Gasteiger partial charge in [-0.15, -0.1) is 10.2 Å². The highest BCUT2D eigenvalue weighted by molar-refractivity contribution is 8.00. The van der Waals surface area contributed by atoms with Gasteiger partial charge in [-0.1, -0.05) is 59.5 Å². The van der Waals surface area contributed by atoms with Crippen molar-refractivity contribution < 1.29 is 13.9 Å². The summed E-state index contributed by atoms with van der Waals surface area (Å²) in [6.45, 7) is 3.06. The van der Waals surface area contributed by atoms with E-state index in [0.29, 0.717) is 30.2 Å². The summed E-state index contributed by atoms with van der Waals surface area (Å²) in [6.07, 6.45) is 0.885. The molecule has 4 aromatic rings. The van der Waals surface area contributed by atoms with E-state index in [4.69, 9.17) is 9.15 Å². The van der Waals surface area contributed by atoms with Crippen LogP contribution in [0.25, 0.3) is 11.0 Å². The third-order valence-corrected chi connectivity index (χ3v) is 7.26. The summed E-state index contributed by atoms with van der Waals surface area (Å²) in [4.78, 5) is 13.1. The van der Waals surface area contributed by atoms with Crippen LogP contribution in [-0.2, 0) is 12.2 Å². The topological polar surface area (TPSA) is 77.2 Å². The van der Waals surface area contributed by atoms with Crippen LogP contribution in [0.4, 0.5) is 0 Å². The molecule has 31 heavy (non-hydrogen) atoms. The zero-order valence-corrected chi connectivity index (χ0v) is 18.6. The van der Waals surface area contributed by atoms with Crippen LogP contribution in [-0.4, -0.2) is 29.3 Å². The SMILES string of the molecule is Cc1nnc(SCc2c(C(=O)NCC3COc4ccccc4C3)oc3ccccc23)s1. The predicted molar refractivity (Wildman–Crippen MR) is 122 cm³/mol. The number of furan rings is 1. The van der Waals surface area contributed by atoms with E-state index >= 15 is 0 Å². The maximum Gasteiger partial charge on any atom is 0.287 e. The normalized spacial score (nSPS) is 15.5. The summed E-state index contributed by atoms with van der Waals surface area (Å²) in [7, 11) is 0. The van der Waals surface area contributed by atoms with Crippen LogP contribution < -0.4 is 10.1 Å². The number of para-hydroxylation sites is 2. The van der Waals surface area contributed by atoms with Gasteiger partial charge in [0.2, 0.25) is 0 Å². The molecule has 1 aliphatic heterocycles. The number of benzene rings is 2. The summed E-state index contributed by atoms with van der Waals surface area (Å²) >= 11 is 3.12. The summed E-state index contributed by atoms with van der Waals surface area (Å²) in [5.74, 6) is 1.93. The lowest BCUT2D eigenvalue weighted by atomic mass is 9.97. The minimum Gasteiger partial charge on any atom is -0.493 e. The minimum absolute atomic E-state index is 0.195. The summed E-state index contributed by atoms with van der Waals surface area (Å²) in [6, 6.07) is 15.8. The van der Waals surface area contributed by atoms with Gasteiger partial charge in [0.25, 0.3) is 5.91 Å². The number of nitrogens with zero attached hydrogens (tertiary/aromatic N) is 2. The van der Waals surface area contributed by atoms with Gasteiger partial charge in [-0.25, -0.2) is 0 Å². The van der Waals surface area contributed by atoms with E-state index < -0.39 is 0 Å². The number of aromatic nitrogens is 2. The van der Waals surface area contributed by atoms with Crippen molar-refractivity contribution in [1.29, 1.82) is 0 Å². The van der Waals surface area contributed by atoms with Crippen molar-refractivity contribution >= 4 is 40.0 Å². The average molecular weight is 452 g/mol. The van der Waals surface area contributed by atoms with Crippen LogP contribution in [0.5, 0.6) is 5.75 Å². The minimum atomic E-state index is -0.195. The highest BCUT2D eigenvalue weighted by atomic mass is 32.2. The fourth-order valence-electron chi connectivity index (χ4n) is 3.74. The second-order valence-corrected chi connectivity index (χ2v) is 9.88. The molecule has 5 rings (SSSR count). The number of amides is 1. The van der Waals surface area contributed by atoms with Crippen LogP contribution >= 0.6 is 23.1 Å². The van der Waals surface area contributed by atoms with E-state index in [2.05, 4.69) is 21.6 Å². The number of hydrogen-bond acceptors (Lipinski definition) is 7. The third kappa shape index (κ3) is 4.31. The number of aryl methyl sites for hydroxylation is 1. The number of carbonyl (C=O) groups is 1. The Labute approximate surface area is 188 Å². The fraction of sp³-hybridized carbons (Fsp3) is 0.261. The number of fused-ring (bicyclic) bond motifs is 2. The van der Waals surface area contributed by atoms with Gasteiger partial charge in [-0.2, -0.15) is 0 Å². The summed E-state index contributed by atoms with van der Waals surface area (Å²) < 4.78 is 12.7.